The maximum Gasteiger partial charge on any atom is 0.411 e. The predicted molar refractivity (Wildman–Crippen MR) is 98.4 cm³/mol. The fraction of sp³-hybridized carbons (Fsp3) is 0.263. The molecule has 2 rings (SSSR count). The van der Waals surface area contributed by atoms with Crippen LogP contribution in [0.15, 0.2) is 48.5 Å². The van der Waals surface area contributed by atoms with Crippen molar-refractivity contribution in [3.05, 3.63) is 59.7 Å². The molecule has 138 valence electrons. The SMILES string of the molecule is COCCOC(=O)Nc1cccc(NC(=O)c2cccc(COC)c2)c1. The lowest BCUT2D eigenvalue weighted by Gasteiger charge is -2.10. The van der Waals surface area contributed by atoms with Gasteiger partial charge < -0.3 is 19.5 Å². The summed E-state index contributed by atoms with van der Waals surface area (Å²) in [5.74, 6) is -0.247. The molecule has 26 heavy (non-hydrogen) atoms. The van der Waals surface area contributed by atoms with E-state index < -0.39 is 6.09 Å². The Morgan fingerprint density at radius 3 is 2.35 bits per heavy atom. The van der Waals surface area contributed by atoms with Crippen LogP contribution in [0.25, 0.3) is 0 Å². The first-order valence-corrected chi connectivity index (χ1v) is 8.04. The zero-order chi connectivity index (χ0) is 18.8. The Labute approximate surface area is 152 Å². The van der Waals surface area contributed by atoms with Crippen LogP contribution < -0.4 is 10.6 Å². The van der Waals surface area contributed by atoms with Crippen LogP contribution in [0.1, 0.15) is 15.9 Å². The van der Waals surface area contributed by atoms with Crippen LogP contribution >= 0.6 is 0 Å². The Hall–Kier alpha value is -2.90. The molecule has 0 unspecified atom stereocenters. The van der Waals surface area contributed by atoms with Crippen molar-refractivity contribution in [2.45, 2.75) is 6.61 Å². The maximum atomic E-state index is 12.4. The molecule has 0 aromatic heterocycles. The molecule has 0 spiro atoms. The van der Waals surface area contributed by atoms with Gasteiger partial charge in [0.15, 0.2) is 0 Å². The molecule has 0 bridgehead atoms. The van der Waals surface area contributed by atoms with Crippen LogP contribution in [0.3, 0.4) is 0 Å². The topological polar surface area (TPSA) is 85.9 Å². The van der Waals surface area contributed by atoms with Crippen LogP contribution in [0, 0.1) is 0 Å². The minimum atomic E-state index is -0.585. The summed E-state index contributed by atoms with van der Waals surface area (Å²) in [5.41, 5.74) is 2.51. The third kappa shape index (κ3) is 6.19. The second-order valence-corrected chi connectivity index (χ2v) is 5.42. The van der Waals surface area contributed by atoms with Gasteiger partial charge in [-0.05, 0) is 35.9 Å². The van der Waals surface area contributed by atoms with Gasteiger partial charge in [-0.15, -0.1) is 0 Å². The number of amides is 2. The van der Waals surface area contributed by atoms with Gasteiger partial charge in [-0.1, -0.05) is 18.2 Å². The zero-order valence-corrected chi connectivity index (χ0v) is 14.8. The molecule has 7 nitrogen and oxygen atoms in total. The first kappa shape index (κ1) is 19.4. The molecule has 0 saturated carbocycles. The highest BCUT2D eigenvalue weighted by Gasteiger charge is 2.08. The zero-order valence-electron chi connectivity index (χ0n) is 14.8. The minimum Gasteiger partial charge on any atom is -0.447 e. The normalized spacial score (nSPS) is 10.2. The van der Waals surface area contributed by atoms with E-state index >= 15 is 0 Å². The number of carbonyl (C=O) groups excluding carboxylic acids is 2. The predicted octanol–water partition coefficient (Wildman–Crippen LogP) is 3.28. The van der Waals surface area contributed by atoms with E-state index in [1.807, 2.05) is 6.07 Å². The molecule has 0 aliphatic heterocycles. The molecule has 2 aromatic rings. The van der Waals surface area contributed by atoms with Crippen LogP contribution in [-0.4, -0.2) is 39.4 Å². The number of anilines is 2. The van der Waals surface area contributed by atoms with Crippen LogP contribution in [-0.2, 0) is 20.8 Å². The molecule has 0 saturated heterocycles. The van der Waals surface area contributed by atoms with E-state index in [-0.39, 0.29) is 12.5 Å². The fourth-order valence-corrected chi connectivity index (χ4v) is 2.22. The van der Waals surface area contributed by atoms with E-state index in [1.165, 1.54) is 7.11 Å². The number of nitrogens with one attached hydrogen (secondary N) is 2. The van der Waals surface area contributed by atoms with E-state index in [1.54, 1.807) is 49.6 Å². The van der Waals surface area contributed by atoms with Gasteiger partial charge >= 0.3 is 6.09 Å². The van der Waals surface area contributed by atoms with Crippen molar-refractivity contribution >= 4 is 23.4 Å². The highest BCUT2D eigenvalue weighted by molar-refractivity contribution is 6.04. The molecular weight excluding hydrogens is 336 g/mol. The standard InChI is InChI=1S/C19H22N2O5/c1-24-9-10-26-19(23)21-17-8-4-7-16(12-17)20-18(22)15-6-3-5-14(11-15)13-25-2/h3-8,11-12H,9-10,13H2,1-2H3,(H,20,22)(H,21,23). The van der Waals surface area contributed by atoms with Gasteiger partial charge in [0.2, 0.25) is 0 Å². The largest absolute Gasteiger partial charge is 0.447 e. The first-order chi connectivity index (χ1) is 12.6. The van der Waals surface area contributed by atoms with Crippen molar-refractivity contribution in [1.29, 1.82) is 0 Å². The van der Waals surface area contributed by atoms with Gasteiger partial charge in [0.1, 0.15) is 6.61 Å². The maximum absolute atomic E-state index is 12.4. The molecule has 2 N–H and O–H groups in total. The van der Waals surface area contributed by atoms with E-state index in [2.05, 4.69) is 10.6 Å². The molecule has 0 radical (unpaired) electrons. The van der Waals surface area contributed by atoms with Gasteiger partial charge in [0.25, 0.3) is 5.91 Å². The Morgan fingerprint density at radius 2 is 1.62 bits per heavy atom. The number of carbonyl (C=O) groups is 2. The lowest BCUT2D eigenvalue weighted by molar-refractivity contribution is 0.102. The monoisotopic (exact) mass is 358 g/mol. The van der Waals surface area contributed by atoms with Crippen molar-refractivity contribution in [1.82, 2.24) is 0 Å². The second-order valence-electron chi connectivity index (χ2n) is 5.42. The fourth-order valence-electron chi connectivity index (χ4n) is 2.22. The molecule has 0 fully saturated rings. The average Bonchev–Trinajstić information content (AvgIpc) is 2.63. The Morgan fingerprint density at radius 1 is 0.885 bits per heavy atom. The van der Waals surface area contributed by atoms with Crippen molar-refractivity contribution < 1.29 is 23.8 Å². The lowest BCUT2D eigenvalue weighted by atomic mass is 10.1. The molecule has 2 aromatic carbocycles. The first-order valence-electron chi connectivity index (χ1n) is 8.04. The molecule has 0 heterocycles. The quantitative estimate of drug-likeness (QED) is 0.707. The summed E-state index contributed by atoms with van der Waals surface area (Å²) in [5, 5.41) is 5.40. The third-order valence-corrected chi connectivity index (χ3v) is 3.39. The van der Waals surface area contributed by atoms with Crippen molar-refractivity contribution in [3.63, 3.8) is 0 Å². The van der Waals surface area contributed by atoms with Crippen LogP contribution in [0.4, 0.5) is 16.2 Å². The Bertz CT molecular complexity index is 748. The summed E-state index contributed by atoms with van der Waals surface area (Å²) in [4.78, 5) is 24.1. The minimum absolute atomic E-state index is 0.163. The lowest BCUT2D eigenvalue weighted by Crippen LogP contribution is -2.17. The highest BCUT2D eigenvalue weighted by atomic mass is 16.6. The summed E-state index contributed by atoms with van der Waals surface area (Å²) in [6.07, 6.45) is -0.585. The van der Waals surface area contributed by atoms with E-state index in [0.717, 1.165) is 5.56 Å². The van der Waals surface area contributed by atoms with Crippen molar-refractivity contribution in [2.24, 2.45) is 0 Å². The van der Waals surface area contributed by atoms with E-state index in [9.17, 15) is 9.59 Å². The molecule has 2 amide bonds. The summed E-state index contributed by atoms with van der Waals surface area (Å²) >= 11 is 0. The molecule has 7 heteroatoms. The van der Waals surface area contributed by atoms with Gasteiger partial charge in [0.05, 0.1) is 13.2 Å². The molecule has 0 atom stereocenters. The number of methoxy groups -OCH3 is 2. The Kier molecular flexibility index (Phi) is 7.60. The Balaban J connectivity index is 1.98. The summed E-state index contributed by atoms with van der Waals surface area (Å²) in [7, 11) is 3.13. The van der Waals surface area contributed by atoms with E-state index in [0.29, 0.717) is 30.2 Å². The van der Waals surface area contributed by atoms with Gasteiger partial charge in [0, 0.05) is 31.2 Å². The summed E-state index contributed by atoms with van der Waals surface area (Å²) in [6.45, 7) is 0.925. The average molecular weight is 358 g/mol. The number of hydrogen-bond donors (Lipinski definition) is 2. The number of benzene rings is 2. The molecule has 0 aliphatic rings. The van der Waals surface area contributed by atoms with Gasteiger partial charge in [-0.2, -0.15) is 0 Å². The highest BCUT2D eigenvalue weighted by Crippen LogP contribution is 2.17. The van der Waals surface area contributed by atoms with Gasteiger partial charge in [-0.3, -0.25) is 10.1 Å². The number of rotatable bonds is 8. The summed E-state index contributed by atoms with van der Waals surface area (Å²) < 4.78 is 14.8. The summed E-state index contributed by atoms with van der Waals surface area (Å²) in [6, 6.07) is 14.0. The van der Waals surface area contributed by atoms with Crippen molar-refractivity contribution in [2.75, 3.05) is 38.1 Å². The van der Waals surface area contributed by atoms with E-state index in [4.69, 9.17) is 14.2 Å². The van der Waals surface area contributed by atoms with Crippen LogP contribution in [0.2, 0.25) is 0 Å². The van der Waals surface area contributed by atoms with Crippen LogP contribution in [0.5, 0.6) is 0 Å². The van der Waals surface area contributed by atoms with Gasteiger partial charge in [-0.25, -0.2) is 4.79 Å². The molecular formula is C19H22N2O5. The second kappa shape index (κ2) is 10.2. The smallest absolute Gasteiger partial charge is 0.411 e. The third-order valence-electron chi connectivity index (χ3n) is 3.39. The number of ether oxygens (including phenoxy) is 3. The molecule has 0 aliphatic carbocycles. The number of hydrogen-bond acceptors (Lipinski definition) is 5. The van der Waals surface area contributed by atoms with Crippen molar-refractivity contribution in [3.8, 4) is 0 Å².